The van der Waals surface area contributed by atoms with Gasteiger partial charge in [-0.1, -0.05) is 12.1 Å². The summed E-state index contributed by atoms with van der Waals surface area (Å²) in [5, 5.41) is 2.64. The van der Waals surface area contributed by atoms with Gasteiger partial charge in [-0.25, -0.2) is 4.79 Å². The maximum Gasteiger partial charge on any atom is 0.344 e. The van der Waals surface area contributed by atoms with Crippen LogP contribution in [0, 0.1) is 6.92 Å². The van der Waals surface area contributed by atoms with Crippen LogP contribution in [0.15, 0.2) is 42.5 Å². The third-order valence-corrected chi connectivity index (χ3v) is 3.58. The van der Waals surface area contributed by atoms with Crippen molar-refractivity contribution >= 4 is 23.3 Å². The molecule has 7 nitrogen and oxygen atoms in total. The summed E-state index contributed by atoms with van der Waals surface area (Å²) in [7, 11) is 1.43. The molecule has 0 atom stereocenters. The molecule has 0 saturated carbocycles. The first kappa shape index (κ1) is 20.0. The minimum atomic E-state index is -0.702. The number of ketones is 1. The molecule has 2 aromatic rings. The van der Waals surface area contributed by atoms with Crippen molar-refractivity contribution < 1.29 is 28.6 Å². The van der Waals surface area contributed by atoms with Gasteiger partial charge in [-0.15, -0.1) is 0 Å². The number of rotatable bonds is 8. The van der Waals surface area contributed by atoms with Crippen LogP contribution in [-0.4, -0.2) is 38.0 Å². The quantitative estimate of drug-likeness (QED) is 0.567. The Labute approximate surface area is 157 Å². The van der Waals surface area contributed by atoms with E-state index in [1.54, 1.807) is 18.2 Å². The van der Waals surface area contributed by atoms with Crippen molar-refractivity contribution in [2.75, 3.05) is 25.6 Å². The smallest absolute Gasteiger partial charge is 0.344 e. The van der Waals surface area contributed by atoms with Gasteiger partial charge in [0.05, 0.1) is 7.11 Å². The highest BCUT2D eigenvalue weighted by Crippen LogP contribution is 2.28. The van der Waals surface area contributed by atoms with Gasteiger partial charge in [0.25, 0.3) is 5.91 Å². The predicted molar refractivity (Wildman–Crippen MR) is 99.3 cm³/mol. The Morgan fingerprint density at radius 1 is 1.00 bits per heavy atom. The summed E-state index contributed by atoms with van der Waals surface area (Å²) in [4.78, 5) is 35.0. The Kier molecular flexibility index (Phi) is 6.93. The van der Waals surface area contributed by atoms with Gasteiger partial charge in [0.1, 0.15) is 0 Å². The number of amides is 1. The van der Waals surface area contributed by atoms with E-state index in [2.05, 4.69) is 5.32 Å². The number of hydrogen-bond acceptors (Lipinski definition) is 6. The number of carbonyl (C=O) groups excluding carboxylic acids is 3. The van der Waals surface area contributed by atoms with Crippen molar-refractivity contribution in [1.29, 1.82) is 0 Å². The van der Waals surface area contributed by atoms with Crippen LogP contribution in [0.3, 0.4) is 0 Å². The van der Waals surface area contributed by atoms with Gasteiger partial charge in [-0.05, 0) is 49.7 Å². The number of anilines is 1. The predicted octanol–water partition coefficient (Wildman–Crippen LogP) is 2.77. The number of methoxy groups -OCH3 is 1. The van der Waals surface area contributed by atoms with Gasteiger partial charge in [0.15, 0.2) is 30.5 Å². The molecular formula is C20H21NO6. The van der Waals surface area contributed by atoms with Crippen LogP contribution in [0.5, 0.6) is 11.5 Å². The van der Waals surface area contributed by atoms with Gasteiger partial charge in [0.2, 0.25) is 0 Å². The summed E-state index contributed by atoms with van der Waals surface area (Å²) >= 11 is 0. The second-order valence-electron chi connectivity index (χ2n) is 5.79. The molecule has 0 spiro atoms. The molecule has 7 heteroatoms. The molecule has 1 amide bonds. The Balaban J connectivity index is 1.82. The number of Topliss-reactive ketones (excluding diaryl/α,β-unsaturated/α-hetero) is 1. The van der Waals surface area contributed by atoms with E-state index in [4.69, 9.17) is 14.2 Å². The molecular weight excluding hydrogens is 350 g/mol. The van der Waals surface area contributed by atoms with E-state index in [-0.39, 0.29) is 5.78 Å². The molecule has 0 radical (unpaired) electrons. The van der Waals surface area contributed by atoms with Gasteiger partial charge in [0, 0.05) is 11.3 Å². The lowest BCUT2D eigenvalue weighted by molar-refractivity contribution is -0.149. The van der Waals surface area contributed by atoms with Crippen molar-refractivity contribution in [3.8, 4) is 11.5 Å². The monoisotopic (exact) mass is 371 g/mol. The summed E-state index contributed by atoms with van der Waals surface area (Å²) in [6.45, 7) is 2.53. The molecule has 2 rings (SSSR count). The van der Waals surface area contributed by atoms with Crippen LogP contribution in [0.4, 0.5) is 5.69 Å². The molecule has 27 heavy (non-hydrogen) atoms. The van der Waals surface area contributed by atoms with E-state index >= 15 is 0 Å². The molecule has 2 aromatic carbocycles. The van der Waals surface area contributed by atoms with Crippen LogP contribution < -0.4 is 14.8 Å². The first-order valence-electron chi connectivity index (χ1n) is 8.23. The highest BCUT2D eigenvalue weighted by Gasteiger charge is 2.12. The van der Waals surface area contributed by atoms with E-state index in [1.807, 2.05) is 19.1 Å². The van der Waals surface area contributed by atoms with Crippen molar-refractivity contribution in [3.63, 3.8) is 0 Å². The van der Waals surface area contributed by atoms with Crippen molar-refractivity contribution in [2.45, 2.75) is 13.8 Å². The zero-order valence-corrected chi connectivity index (χ0v) is 15.4. The fraction of sp³-hybridized carbons (Fsp3) is 0.250. The van der Waals surface area contributed by atoms with Gasteiger partial charge in [-0.2, -0.15) is 0 Å². The Morgan fingerprint density at radius 2 is 1.78 bits per heavy atom. The van der Waals surface area contributed by atoms with E-state index < -0.39 is 25.1 Å². The van der Waals surface area contributed by atoms with Crippen LogP contribution >= 0.6 is 0 Å². The minimum Gasteiger partial charge on any atom is -0.493 e. The lowest BCUT2D eigenvalue weighted by Gasteiger charge is -2.11. The number of benzene rings is 2. The van der Waals surface area contributed by atoms with Crippen molar-refractivity contribution in [1.82, 2.24) is 0 Å². The lowest BCUT2D eigenvalue weighted by atomic mass is 10.1. The molecule has 0 aliphatic heterocycles. The van der Waals surface area contributed by atoms with Crippen LogP contribution in [0.1, 0.15) is 22.8 Å². The zero-order chi connectivity index (χ0) is 19.8. The first-order valence-corrected chi connectivity index (χ1v) is 8.23. The first-order chi connectivity index (χ1) is 12.9. The van der Waals surface area contributed by atoms with Crippen molar-refractivity contribution in [2.24, 2.45) is 0 Å². The number of ether oxygens (including phenoxy) is 3. The second-order valence-corrected chi connectivity index (χ2v) is 5.79. The largest absolute Gasteiger partial charge is 0.493 e. The van der Waals surface area contributed by atoms with Gasteiger partial charge >= 0.3 is 5.97 Å². The summed E-state index contributed by atoms with van der Waals surface area (Å²) in [5.74, 6) is -0.639. The number of nitrogens with one attached hydrogen (secondary N) is 1. The van der Waals surface area contributed by atoms with E-state index in [0.29, 0.717) is 22.7 Å². The highest BCUT2D eigenvalue weighted by molar-refractivity contribution is 5.95. The van der Waals surface area contributed by atoms with E-state index in [0.717, 1.165) is 5.56 Å². The van der Waals surface area contributed by atoms with E-state index in [9.17, 15) is 14.4 Å². The average molecular weight is 371 g/mol. The normalized spacial score (nSPS) is 10.0. The van der Waals surface area contributed by atoms with E-state index in [1.165, 1.54) is 26.2 Å². The Hall–Kier alpha value is -3.35. The molecule has 0 bridgehead atoms. The molecule has 1 N–H and O–H groups in total. The summed E-state index contributed by atoms with van der Waals surface area (Å²) in [6, 6.07) is 11.9. The maximum absolute atomic E-state index is 11.8. The molecule has 0 fully saturated rings. The molecule has 0 aliphatic rings. The fourth-order valence-electron chi connectivity index (χ4n) is 2.25. The Morgan fingerprint density at radius 3 is 2.44 bits per heavy atom. The third-order valence-electron chi connectivity index (χ3n) is 3.58. The SMILES string of the molecule is COc1cc(C(C)=O)ccc1OCC(=O)OCC(=O)Nc1cccc(C)c1. The Bertz CT molecular complexity index is 846. The summed E-state index contributed by atoms with van der Waals surface area (Å²) in [6.07, 6.45) is 0. The molecule has 142 valence electrons. The maximum atomic E-state index is 11.8. The molecule has 0 aromatic heterocycles. The fourth-order valence-corrected chi connectivity index (χ4v) is 2.25. The molecule has 0 saturated heterocycles. The molecule has 0 heterocycles. The number of hydrogen-bond donors (Lipinski definition) is 1. The summed E-state index contributed by atoms with van der Waals surface area (Å²) < 4.78 is 15.4. The number of aryl methyl sites for hydroxylation is 1. The number of carbonyl (C=O) groups is 3. The minimum absolute atomic E-state index is 0.112. The summed E-state index contributed by atoms with van der Waals surface area (Å²) in [5.41, 5.74) is 2.10. The molecule has 0 unspecified atom stereocenters. The van der Waals surface area contributed by atoms with Gasteiger partial charge in [-0.3, -0.25) is 9.59 Å². The second kappa shape index (κ2) is 9.38. The van der Waals surface area contributed by atoms with Crippen LogP contribution in [0.25, 0.3) is 0 Å². The third kappa shape index (κ3) is 6.14. The molecule has 0 aliphatic carbocycles. The number of esters is 1. The van der Waals surface area contributed by atoms with Crippen LogP contribution in [-0.2, 0) is 14.3 Å². The lowest BCUT2D eigenvalue weighted by Crippen LogP contribution is -2.23. The average Bonchev–Trinajstić information content (AvgIpc) is 2.64. The zero-order valence-electron chi connectivity index (χ0n) is 15.4. The highest BCUT2D eigenvalue weighted by atomic mass is 16.6. The topological polar surface area (TPSA) is 90.9 Å². The van der Waals surface area contributed by atoms with Crippen molar-refractivity contribution in [3.05, 3.63) is 53.6 Å². The van der Waals surface area contributed by atoms with Crippen LogP contribution in [0.2, 0.25) is 0 Å². The standard InChI is InChI=1S/C20H21NO6/c1-13-5-4-6-16(9-13)21-19(23)11-27-20(24)12-26-17-8-7-15(14(2)22)10-18(17)25-3/h4-10H,11-12H2,1-3H3,(H,21,23). The van der Waals surface area contributed by atoms with Gasteiger partial charge < -0.3 is 19.5 Å².